The van der Waals surface area contributed by atoms with E-state index in [1.54, 1.807) is 6.26 Å². The molecule has 3 rings (SSSR count). The monoisotopic (exact) mass is 481 g/mol. The molecular weight excluding hydrogens is 438 g/mol. The third-order valence-corrected chi connectivity index (χ3v) is 6.71. The molecule has 1 aliphatic heterocycles. The Labute approximate surface area is 211 Å². The first-order valence-corrected chi connectivity index (χ1v) is 13.6. The fraction of sp³-hybridized carbons (Fsp3) is 0.586. The number of carbonyl (C=O) groups excluding carboxylic acids is 2. The summed E-state index contributed by atoms with van der Waals surface area (Å²) in [6, 6.07) is 9.65. The number of nitrogens with one attached hydrogen (secondary N) is 1. The van der Waals surface area contributed by atoms with Crippen LogP contribution < -0.4 is 10.2 Å². The maximum absolute atomic E-state index is 13.5. The van der Waals surface area contributed by atoms with E-state index in [0.717, 1.165) is 69.6 Å². The van der Waals surface area contributed by atoms with Gasteiger partial charge in [0.15, 0.2) is 0 Å². The zero-order valence-corrected chi connectivity index (χ0v) is 21.7. The normalized spacial score (nSPS) is 13.3. The lowest BCUT2D eigenvalue weighted by atomic mass is 10.1. The molecule has 0 radical (unpaired) electrons. The molecule has 0 spiro atoms. The number of hydrogen-bond acceptors (Lipinski definition) is 4. The largest absolute Gasteiger partial charge is 0.467 e. The molecule has 0 unspecified atom stereocenters. The zero-order chi connectivity index (χ0) is 24.9. The van der Waals surface area contributed by atoms with Crippen LogP contribution in [-0.4, -0.2) is 36.3 Å². The molecule has 192 valence electrons. The van der Waals surface area contributed by atoms with Crippen molar-refractivity contribution in [3.63, 3.8) is 0 Å². The van der Waals surface area contributed by atoms with Crippen LogP contribution in [0.3, 0.4) is 0 Å². The molecule has 6 heteroatoms. The second-order valence-electron chi connectivity index (χ2n) is 9.65. The summed E-state index contributed by atoms with van der Waals surface area (Å²) < 4.78 is 5.62. The summed E-state index contributed by atoms with van der Waals surface area (Å²) >= 11 is 0. The molecule has 2 amide bonds. The first-order chi connectivity index (χ1) is 17.1. The number of furan rings is 1. The molecule has 6 nitrogen and oxygen atoms in total. The van der Waals surface area contributed by atoms with Crippen LogP contribution >= 0.6 is 0 Å². The molecule has 1 aromatic heterocycles. The Kier molecular flexibility index (Phi) is 11.2. The van der Waals surface area contributed by atoms with Gasteiger partial charge in [-0.2, -0.15) is 0 Å². The highest BCUT2D eigenvalue weighted by Crippen LogP contribution is 2.29. The Morgan fingerprint density at radius 1 is 0.971 bits per heavy atom. The topological polar surface area (TPSA) is 65.8 Å². The van der Waals surface area contributed by atoms with Crippen molar-refractivity contribution in [1.82, 2.24) is 4.90 Å². The van der Waals surface area contributed by atoms with Crippen molar-refractivity contribution in [3.05, 3.63) is 47.9 Å². The van der Waals surface area contributed by atoms with E-state index < -0.39 is 0 Å². The van der Waals surface area contributed by atoms with Crippen molar-refractivity contribution in [1.29, 1.82) is 0 Å². The smallest absolute Gasteiger partial charge is 0.256 e. The minimum absolute atomic E-state index is 0.0197. The number of unbranched alkanes of at least 4 members (excludes halogenated alkanes) is 6. The minimum Gasteiger partial charge on any atom is -0.467 e. The van der Waals surface area contributed by atoms with E-state index in [2.05, 4.69) is 24.1 Å². The van der Waals surface area contributed by atoms with Gasteiger partial charge in [-0.3, -0.25) is 9.59 Å². The fourth-order valence-corrected chi connectivity index (χ4v) is 4.67. The number of anilines is 2. The summed E-state index contributed by atoms with van der Waals surface area (Å²) in [6.45, 7) is 7.41. The summed E-state index contributed by atoms with van der Waals surface area (Å²) in [4.78, 5) is 30.3. The zero-order valence-electron chi connectivity index (χ0n) is 21.7. The first kappa shape index (κ1) is 26.8. The number of amides is 2. The average Bonchev–Trinajstić information content (AvgIpc) is 3.58. The van der Waals surface area contributed by atoms with Gasteiger partial charge in [0.25, 0.3) is 5.91 Å². The number of nitrogens with zero attached hydrogens (tertiary/aromatic N) is 2. The first-order valence-electron chi connectivity index (χ1n) is 13.6. The Bertz CT molecular complexity index is 904. The Morgan fingerprint density at radius 3 is 2.43 bits per heavy atom. The van der Waals surface area contributed by atoms with E-state index >= 15 is 0 Å². The summed E-state index contributed by atoms with van der Waals surface area (Å²) in [7, 11) is 0. The highest BCUT2D eigenvalue weighted by atomic mass is 16.3. The van der Waals surface area contributed by atoms with Gasteiger partial charge in [0.2, 0.25) is 5.91 Å². The predicted octanol–water partition coefficient (Wildman–Crippen LogP) is 7.01. The van der Waals surface area contributed by atoms with Gasteiger partial charge in [0.05, 0.1) is 24.1 Å². The molecule has 2 heterocycles. The maximum Gasteiger partial charge on any atom is 0.256 e. The van der Waals surface area contributed by atoms with Gasteiger partial charge >= 0.3 is 0 Å². The maximum atomic E-state index is 13.5. The van der Waals surface area contributed by atoms with E-state index in [1.165, 1.54) is 25.7 Å². The van der Waals surface area contributed by atoms with Gasteiger partial charge in [0, 0.05) is 31.7 Å². The van der Waals surface area contributed by atoms with Crippen LogP contribution in [0.5, 0.6) is 0 Å². The molecule has 1 aromatic carbocycles. The van der Waals surface area contributed by atoms with Gasteiger partial charge in [-0.15, -0.1) is 0 Å². The minimum atomic E-state index is 0.0197. The standard InChI is InChI=1S/C29H43N3O3/c1-3-5-7-8-9-10-15-28(33)30-24-16-17-27(26(22-24)29(34)31-19-11-12-20-31)32(18-6-4-2)23-25-14-13-21-35-25/h13-14,16-17,21-22H,3-12,15,18-20,23H2,1-2H3,(H,30,33). The number of rotatable bonds is 15. The lowest BCUT2D eigenvalue weighted by molar-refractivity contribution is -0.116. The van der Waals surface area contributed by atoms with Crippen LogP contribution in [0.2, 0.25) is 0 Å². The molecule has 0 atom stereocenters. The summed E-state index contributed by atoms with van der Waals surface area (Å²) in [5, 5.41) is 3.04. The van der Waals surface area contributed by atoms with Crippen LogP contribution in [0.25, 0.3) is 0 Å². The third kappa shape index (κ3) is 8.44. The molecule has 1 fully saturated rings. The van der Waals surface area contributed by atoms with E-state index in [0.29, 0.717) is 24.2 Å². The molecule has 35 heavy (non-hydrogen) atoms. The van der Waals surface area contributed by atoms with Gasteiger partial charge in [-0.1, -0.05) is 52.4 Å². The summed E-state index contributed by atoms with van der Waals surface area (Å²) in [5.74, 6) is 0.939. The van der Waals surface area contributed by atoms with E-state index in [-0.39, 0.29) is 11.8 Å². The average molecular weight is 482 g/mol. The molecular formula is C29H43N3O3. The van der Waals surface area contributed by atoms with Crippen LogP contribution in [0.4, 0.5) is 11.4 Å². The quantitative estimate of drug-likeness (QED) is 0.278. The molecule has 1 aliphatic rings. The lowest BCUT2D eigenvalue weighted by Crippen LogP contribution is -2.31. The Hall–Kier alpha value is -2.76. The van der Waals surface area contributed by atoms with Gasteiger partial charge in [-0.05, 0) is 56.0 Å². The molecule has 0 bridgehead atoms. The van der Waals surface area contributed by atoms with Crippen LogP contribution in [0, 0.1) is 0 Å². The molecule has 1 N–H and O–H groups in total. The second-order valence-corrected chi connectivity index (χ2v) is 9.65. The molecule has 0 saturated carbocycles. The van der Waals surface area contributed by atoms with Crippen molar-refractivity contribution in [2.45, 2.75) is 91.0 Å². The van der Waals surface area contributed by atoms with E-state index in [9.17, 15) is 9.59 Å². The second kappa shape index (κ2) is 14.6. The molecule has 1 saturated heterocycles. The van der Waals surface area contributed by atoms with Crippen molar-refractivity contribution < 1.29 is 14.0 Å². The predicted molar refractivity (Wildman–Crippen MR) is 143 cm³/mol. The number of likely N-dealkylation sites (tertiary alicyclic amines) is 1. The summed E-state index contributed by atoms with van der Waals surface area (Å²) in [5.41, 5.74) is 2.26. The Morgan fingerprint density at radius 2 is 1.71 bits per heavy atom. The van der Waals surface area contributed by atoms with Crippen molar-refractivity contribution in [2.75, 3.05) is 29.9 Å². The van der Waals surface area contributed by atoms with Crippen molar-refractivity contribution >= 4 is 23.2 Å². The van der Waals surface area contributed by atoms with Gasteiger partial charge in [0.1, 0.15) is 5.76 Å². The van der Waals surface area contributed by atoms with E-state index in [4.69, 9.17) is 4.42 Å². The SMILES string of the molecule is CCCCCCCCC(=O)Nc1ccc(N(CCCC)Cc2ccco2)c(C(=O)N2CCCC2)c1. The van der Waals surface area contributed by atoms with Crippen molar-refractivity contribution in [2.24, 2.45) is 0 Å². The van der Waals surface area contributed by atoms with E-state index in [1.807, 2.05) is 35.2 Å². The molecule has 2 aromatic rings. The Balaban J connectivity index is 1.75. The van der Waals surface area contributed by atoms with Crippen LogP contribution in [0.1, 0.15) is 101 Å². The fourth-order valence-electron chi connectivity index (χ4n) is 4.67. The summed E-state index contributed by atoms with van der Waals surface area (Å²) in [6.07, 6.45) is 13.3. The van der Waals surface area contributed by atoms with Gasteiger partial charge in [-0.25, -0.2) is 0 Å². The highest BCUT2D eigenvalue weighted by molar-refractivity contribution is 6.02. The highest BCUT2D eigenvalue weighted by Gasteiger charge is 2.25. The number of carbonyl (C=O) groups is 2. The lowest BCUT2D eigenvalue weighted by Gasteiger charge is -2.28. The van der Waals surface area contributed by atoms with Crippen molar-refractivity contribution in [3.8, 4) is 0 Å². The van der Waals surface area contributed by atoms with Gasteiger partial charge < -0.3 is 19.5 Å². The molecule has 0 aliphatic carbocycles. The number of hydrogen-bond donors (Lipinski definition) is 1. The van der Waals surface area contributed by atoms with Crippen LogP contribution in [-0.2, 0) is 11.3 Å². The third-order valence-electron chi connectivity index (χ3n) is 6.71. The van der Waals surface area contributed by atoms with Crippen LogP contribution in [0.15, 0.2) is 41.0 Å². The number of benzene rings is 1.